The van der Waals surface area contributed by atoms with Crippen LogP contribution in [0.4, 0.5) is 10.9 Å². The van der Waals surface area contributed by atoms with Crippen molar-refractivity contribution in [2.75, 3.05) is 16.8 Å². The maximum absolute atomic E-state index is 12.7. The van der Waals surface area contributed by atoms with Gasteiger partial charge in [-0.05, 0) is 36.8 Å². The van der Waals surface area contributed by atoms with Crippen molar-refractivity contribution in [2.24, 2.45) is 5.92 Å². The molecule has 0 radical (unpaired) electrons. The number of nitrogens with zero attached hydrogens (tertiary/aromatic N) is 3. The maximum Gasteiger partial charge on any atom is 0.231 e. The number of aromatic nitrogens is 3. The highest BCUT2D eigenvalue weighted by molar-refractivity contribution is 7.22. The average Bonchev–Trinajstić information content (AvgIpc) is 3.37. The van der Waals surface area contributed by atoms with Gasteiger partial charge in [-0.1, -0.05) is 29.5 Å². The van der Waals surface area contributed by atoms with Gasteiger partial charge in [-0.15, -0.1) is 0 Å². The van der Waals surface area contributed by atoms with E-state index in [-0.39, 0.29) is 18.2 Å². The van der Waals surface area contributed by atoms with Crippen molar-refractivity contribution in [1.82, 2.24) is 15.2 Å². The van der Waals surface area contributed by atoms with Gasteiger partial charge in [0.2, 0.25) is 11.8 Å². The lowest BCUT2D eigenvalue weighted by molar-refractivity contribution is -0.122. The molecule has 1 atom stereocenters. The highest BCUT2D eigenvalue weighted by atomic mass is 32.1. The Morgan fingerprint density at radius 2 is 2.14 bits per heavy atom. The van der Waals surface area contributed by atoms with Crippen molar-refractivity contribution >= 4 is 55.2 Å². The van der Waals surface area contributed by atoms with E-state index in [1.807, 2.05) is 49.4 Å². The zero-order valence-electron chi connectivity index (χ0n) is 15.1. The molecule has 0 unspecified atom stereocenters. The molecule has 0 aliphatic carbocycles. The van der Waals surface area contributed by atoms with Gasteiger partial charge in [0.1, 0.15) is 0 Å². The van der Waals surface area contributed by atoms with Gasteiger partial charge in [-0.3, -0.25) is 19.6 Å². The Kier molecular flexibility index (Phi) is 3.87. The van der Waals surface area contributed by atoms with Crippen LogP contribution >= 0.6 is 11.3 Å². The number of amides is 2. The van der Waals surface area contributed by atoms with Gasteiger partial charge in [0.05, 0.1) is 21.7 Å². The van der Waals surface area contributed by atoms with E-state index >= 15 is 0 Å². The number of benzene rings is 2. The van der Waals surface area contributed by atoms with E-state index in [1.54, 1.807) is 4.90 Å². The van der Waals surface area contributed by atoms with Crippen LogP contribution in [0.15, 0.2) is 42.5 Å². The number of aryl methyl sites for hydroxylation is 1. The van der Waals surface area contributed by atoms with Crippen molar-refractivity contribution < 1.29 is 9.59 Å². The third-order valence-corrected chi connectivity index (χ3v) is 5.91. The van der Waals surface area contributed by atoms with Crippen LogP contribution in [0.5, 0.6) is 0 Å². The van der Waals surface area contributed by atoms with Crippen LogP contribution in [0.2, 0.25) is 0 Å². The number of H-pyrrole nitrogens is 1. The van der Waals surface area contributed by atoms with E-state index < -0.39 is 5.92 Å². The summed E-state index contributed by atoms with van der Waals surface area (Å²) in [7, 11) is 0. The quantitative estimate of drug-likeness (QED) is 0.559. The summed E-state index contributed by atoms with van der Waals surface area (Å²) in [6.45, 7) is 2.33. The average molecular weight is 391 g/mol. The van der Waals surface area contributed by atoms with Gasteiger partial charge in [-0.2, -0.15) is 5.10 Å². The van der Waals surface area contributed by atoms with Crippen LogP contribution in [0.25, 0.3) is 21.1 Å². The summed E-state index contributed by atoms with van der Waals surface area (Å²) in [5.41, 5.74) is 2.87. The van der Waals surface area contributed by atoms with Crippen LogP contribution < -0.4 is 10.2 Å². The molecule has 3 heterocycles. The van der Waals surface area contributed by atoms with Crippen molar-refractivity contribution in [3.05, 3.63) is 48.0 Å². The second kappa shape index (κ2) is 6.42. The predicted octanol–water partition coefficient (Wildman–Crippen LogP) is 3.47. The molecular formula is C20H17N5O2S. The van der Waals surface area contributed by atoms with Crippen molar-refractivity contribution in [3.8, 4) is 0 Å². The fourth-order valence-corrected chi connectivity index (χ4v) is 4.50. The summed E-state index contributed by atoms with van der Waals surface area (Å²) in [5.74, 6) is -0.146. The summed E-state index contributed by atoms with van der Waals surface area (Å²) in [6.07, 6.45) is 0.164. The molecule has 5 rings (SSSR count). The van der Waals surface area contributed by atoms with E-state index in [9.17, 15) is 9.59 Å². The Balaban J connectivity index is 1.35. The number of carbonyl (C=O) groups excluding carboxylic acids is 2. The molecule has 7 nitrogen and oxygen atoms in total. The largest absolute Gasteiger partial charge is 0.302 e. The fourth-order valence-electron chi connectivity index (χ4n) is 3.54. The molecule has 8 heteroatoms. The number of nitrogens with one attached hydrogen (secondary N) is 2. The van der Waals surface area contributed by atoms with Gasteiger partial charge >= 0.3 is 0 Å². The minimum atomic E-state index is -0.434. The first kappa shape index (κ1) is 16.9. The molecular weight excluding hydrogens is 374 g/mol. The molecule has 1 aliphatic rings. The summed E-state index contributed by atoms with van der Waals surface area (Å²) in [5, 5.41) is 11.5. The third-order valence-electron chi connectivity index (χ3n) is 4.98. The predicted molar refractivity (Wildman–Crippen MR) is 110 cm³/mol. The first-order valence-electron chi connectivity index (χ1n) is 9.00. The topological polar surface area (TPSA) is 91.0 Å². The van der Waals surface area contributed by atoms with E-state index in [4.69, 9.17) is 0 Å². The second-order valence-corrected chi connectivity index (χ2v) is 8.01. The standard InChI is InChI=1S/C20H17N5O2S/c1-11-6-7-15-16(8-11)28-20(21-15)22-19(27)12-9-17(26)25(10-12)18-13-4-2-3-5-14(13)23-24-18/h2-8,12H,9-10H2,1H3,(H,23,24)(H,21,22,27)/t12-/m1/s1. The second-order valence-electron chi connectivity index (χ2n) is 6.98. The number of anilines is 2. The first-order valence-corrected chi connectivity index (χ1v) is 9.81. The minimum absolute atomic E-state index is 0.0997. The molecule has 0 saturated carbocycles. The zero-order chi connectivity index (χ0) is 19.3. The van der Waals surface area contributed by atoms with Crippen LogP contribution in [0.3, 0.4) is 0 Å². The smallest absolute Gasteiger partial charge is 0.231 e. The van der Waals surface area contributed by atoms with Gasteiger partial charge < -0.3 is 5.32 Å². The molecule has 0 bridgehead atoms. The number of thiazole rings is 1. The van der Waals surface area contributed by atoms with Crippen molar-refractivity contribution in [1.29, 1.82) is 0 Å². The molecule has 2 aromatic carbocycles. The number of hydrogen-bond donors (Lipinski definition) is 2. The van der Waals surface area contributed by atoms with E-state index in [1.165, 1.54) is 11.3 Å². The lowest BCUT2D eigenvalue weighted by Gasteiger charge is -2.13. The zero-order valence-corrected chi connectivity index (χ0v) is 15.9. The van der Waals surface area contributed by atoms with Gasteiger partial charge in [0.25, 0.3) is 0 Å². The molecule has 0 spiro atoms. The fraction of sp³-hybridized carbons (Fsp3) is 0.200. The third kappa shape index (κ3) is 2.82. The number of rotatable bonds is 3. The van der Waals surface area contributed by atoms with E-state index in [0.717, 1.165) is 26.7 Å². The first-order chi connectivity index (χ1) is 13.6. The number of fused-ring (bicyclic) bond motifs is 2. The number of aromatic amines is 1. The molecule has 140 valence electrons. The number of carbonyl (C=O) groups is 2. The Labute approximate surface area is 164 Å². The molecule has 4 aromatic rings. The maximum atomic E-state index is 12.7. The van der Waals surface area contributed by atoms with E-state index in [0.29, 0.717) is 17.5 Å². The van der Waals surface area contributed by atoms with E-state index in [2.05, 4.69) is 20.5 Å². The normalized spacial score (nSPS) is 17.0. The summed E-state index contributed by atoms with van der Waals surface area (Å²) in [6, 6.07) is 13.6. The van der Waals surface area contributed by atoms with Crippen molar-refractivity contribution in [3.63, 3.8) is 0 Å². The monoisotopic (exact) mass is 391 g/mol. The Hall–Kier alpha value is -3.26. The summed E-state index contributed by atoms with van der Waals surface area (Å²) >= 11 is 1.44. The molecule has 28 heavy (non-hydrogen) atoms. The molecule has 2 amide bonds. The van der Waals surface area contributed by atoms with Crippen LogP contribution in [-0.2, 0) is 9.59 Å². The number of hydrogen-bond acceptors (Lipinski definition) is 5. The highest BCUT2D eigenvalue weighted by Gasteiger charge is 2.37. The lowest BCUT2D eigenvalue weighted by Crippen LogP contribution is -2.28. The van der Waals surface area contributed by atoms with Crippen LogP contribution in [-0.4, -0.2) is 33.5 Å². The highest BCUT2D eigenvalue weighted by Crippen LogP contribution is 2.31. The van der Waals surface area contributed by atoms with Gasteiger partial charge in [-0.25, -0.2) is 4.98 Å². The molecule has 2 aromatic heterocycles. The molecule has 2 N–H and O–H groups in total. The Morgan fingerprint density at radius 3 is 3.04 bits per heavy atom. The lowest BCUT2D eigenvalue weighted by atomic mass is 10.1. The Morgan fingerprint density at radius 1 is 1.29 bits per heavy atom. The van der Waals surface area contributed by atoms with Gasteiger partial charge in [0, 0.05) is 18.4 Å². The summed E-state index contributed by atoms with van der Waals surface area (Å²) in [4.78, 5) is 31.3. The van der Waals surface area contributed by atoms with Crippen LogP contribution in [0, 0.1) is 12.8 Å². The van der Waals surface area contributed by atoms with Gasteiger partial charge in [0.15, 0.2) is 10.9 Å². The SMILES string of the molecule is Cc1ccc2nc(NC(=O)[C@@H]3CC(=O)N(c4n[nH]c5ccccc45)C3)sc2c1. The molecule has 1 aliphatic heterocycles. The number of para-hydroxylation sites is 1. The minimum Gasteiger partial charge on any atom is -0.302 e. The summed E-state index contributed by atoms with van der Waals surface area (Å²) < 4.78 is 1.03. The molecule has 1 fully saturated rings. The Bertz CT molecular complexity index is 1230. The molecule has 1 saturated heterocycles. The van der Waals surface area contributed by atoms with Crippen molar-refractivity contribution in [2.45, 2.75) is 13.3 Å². The van der Waals surface area contributed by atoms with Crippen LogP contribution in [0.1, 0.15) is 12.0 Å².